The molecule has 4 N–H and O–H groups in total. The Bertz CT molecular complexity index is 2010. The van der Waals surface area contributed by atoms with Gasteiger partial charge in [0.15, 0.2) is 11.6 Å². The molecule has 14 nitrogen and oxygen atoms in total. The van der Waals surface area contributed by atoms with Crippen molar-refractivity contribution < 1.29 is 43.0 Å². The third-order valence-electron chi connectivity index (χ3n) is 13.2. The van der Waals surface area contributed by atoms with Crippen LogP contribution < -0.4 is 21.3 Å². The molecule has 1 aliphatic carbocycles. The number of amides is 5. The van der Waals surface area contributed by atoms with E-state index >= 15 is 0 Å². The average Bonchev–Trinajstić information content (AvgIpc) is 3.61. The maximum atomic E-state index is 14.6. The smallest absolute Gasteiger partial charge is 0.408 e. The lowest BCUT2D eigenvalue weighted by Gasteiger charge is -2.57. The van der Waals surface area contributed by atoms with Crippen molar-refractivity contribution in [1.82, 2.24) is 26.2 Å². The van der Waals surface area contributed by atoms with Gasteiger partial charge < -0.3 is 35.6 Å². The van der Waals surface area contributed by atoms with Gasteiger partial charge in [-0.05, 0) is 127 Å². The molecule has 14 heteroatoms. The van der Waals surface area contributed by atoms with E-state index < -0.39 is 53.2 Å². The monoisotopic (exact) mass is 928 g/mol. The Kier molecular flexibility index (Phi) is 18.2. The summed E-state index contributed by atoms with van der Waals surface area (Å²) in [7, 11) is 0. The van der Waals surface area contributed by atoms with Crippen LogP contribution >= 0.6 is 0 Å². The highest BCUT2D eigenvalue weighted by Gasteiger charge is 2.57. The van der Waals surface area contributed by atoms with Crippen LogP contribution in [-0.4, -0.2) is 95.8 Å². The van der Waals surface area contributed by atoms with E-state index in [0.717, 1.165) is 43.4 Å². The molecule has 2 saturated heterocycles. The molecule has 2 aliphatic heterocycles. The van der Waals surface area contributed by atoms with Crippen LogP contribution in [0.4, 0.5) is 9.59 Å². The van der Waals surface area contributed by atoms with Gasteiger partial charge in [0.05, 0.1) is 12.1 Å². The van der Waals surface area contributed by atoms with E-state index in [9.17, 15) is 33.6 Å². The van der Waals surface area contributed by atoms with E-state index in [0.29, 0.717) is 51.7 Å². The maximum Gasteiger partial charge on any atom is 0.408 e. The number of carbonyl (C=O) groups is 7. The van der Waals surface area contributed by atoms with Crippen molar-refractivity contribution in [2.75, 3.05) is 26.2 Å². The first-order valence-electron chi connectivity index (χ1n) is 24.5. The summed E-state index contributed by atoms with van der Waals surface area (Å²) in [4.78, 5) is 97.2. The molecule has 2 aromatic rings. The highest BCUT2D eigenvalue weighted by Crippen LogP contribution is 2.62. The van der Waals surface area contributed by atoms with Crippen molar-refractivity contribution in [2.24, 2.45) is 28.6 Å². The molecule has 4 atom stereocenters. The SMILES string of the molecule is CC(C)CC(NC(=O)[C@H](CC(=O)[C@@H](Cc1ccccc1)NC(=O)OC(C)(C)C)Cc1ccccc1)C(=O)C[C@H](CCCCNC(=O)OC(C)(C)C)C(=O)N1CCC2(CC1)CC1(CNC(=O)C1)C2. The average molecular weight is 928 g/mol. The van der Waals surface area contributed by atoms with Crippen LogP contribution in [0.3, 0.4) is 0 Å². The van der Waals surface area contributed by atoms with E-state index in [1.54, 1.807) is 41.5 Å². The van der Waals surface area contributed by atoms with Crippen molar-refractivity contribution >= 4 is 41.5 Å². The fraction of sp³-hybridized carbons (Fsp3) is 0.642. The molecule has 0 bridgehead atoms. The zero-order valence-electron chi connectivity index (χ0n) is 41.3. The normalized spacial score (nSPS) is 18.2. The molecule has 0 aromatic heterocycles. The third-order valence-corrected chi connectivity index (χ3v) is 13.2. The molecule has 67 heavy (non-hydrogen) atoms. The predicted molar refractivity (Wildman–Crippen MR) is 257 cm³/mol. The Labute approximate surface area is 398 Å². The number of alkyl carbamates (subject to hydrolysis) is 2. The quantitative estimate of drug-likeness (QED) is 0.0912. The predicted octanol–water partition coefficient (Wildman–Crippen LogP) is 7.65. The van der Waals surface area contributed by atoms with E-state index in [2.05, 4.69) is 21.3 Å². The van der Waals surface area contributed by atoms with Gasteiger partial charge in [0.1, 0.15) is 11.2 Å². The summed E-state index contributed by atoms with van der Waals surface area (Å²) < 4.78 is 10.9. The molecule has 3 aliphatic rings. The van der Waals surface area contributed by atoms with Gasteiger partial charge in [0, 0.05) is 57.3 Å². The molecule has 0 radical (unpaired) electrons. The molecular weight excluding hydrogens is 851 g/mol. The molecule has 2 aromatic carbocycles. The summed E-state index contributed by atoms with van der Waals surface area (Å²) in [6.45, 7) is 16.8. The van der Waals surface area contributed by atoms with Crippen LogP contribution in [0.5, 0.6) is 0 Å². The first kappa shape index (κ1) is 52.7. The standard InChI is InChI=1S/C53H77N5O9/c1-36(2)27-41(56-46(62)40(28-37-17-11-9-12-18-37)31-44(60)42(29-38-19-13-10-14-20-38)57-49(65)67-51(6,7)8)43(59)30-39(21-15-16-24-54-48(64)66-50(3,4)5)47(63)58-25-22-52(23-26-58)33-53(34-52)32-45(61)55-35-53/h9-14,17-20,36,39-42H,15-16,21-35H2,1-8H3,(H,54,64)(H,55,61)(H,56,62)(H,57,65)/t39-,40-,41?,42+/m0/s1. The number of ether oxygens (including phenoxy) is 2. The fourth-order valence-electron chi connectivity index (χ4n) is 10.2. The Balaban J connectivity index is 1.31. The van der Waals surface area contributed by atoms with Crippen LogP contribution in [0, 0.1) is 28.6 Å². The molecule has 5 rings (SSSR count). The molecule has 5 amide bonds. The summed E-state index contributed by atoms with van der Waals surface area (Å²) in [6, 6.07) is 16.8. The fourth-order valence-corrected chi connectivity index (χ4v) is 10.2. The van der Waals surface area contributed by atoms with Crippen molar-refractivity contribution in [1.29, 1.82) is 0 Å². The van der Waals surface area contributed by atoms with Gasteiger partial charge >= 0.3 is 12.2 Å². The summed E-state index contributed by atoms with van der Waals surface area (Å²) in [6.07, 6.45) is 5.00. The summed E-state index contributed by atoms with van der Waals surface area (Å²) >= 11 is 0. The first-order valence-corrected chi connectivity index (χ1v) is 24.5. The minimum absolute atomic E-state index is 0.0132. The van der Waals surface area contributed by atoms with Crippen LogP contribution in [0.15, 0.2) is 60.7 Å². The minimum Gasteiger partial charge on any atom is -0.444 e. The van der Waals surface area contributed by atoms with Gasteiger partial charge in [0.25, 0.3) is 0 Å². The second-order valence-corrected chi connectivity index (χ2v) is 22.1. The Morgan fingerprint density at radius 1 is 0.701 bits per heavy atom. The summed E-state index contributed by atoms with van der Waals surface area (Å²) in [5.74, 6) is -2.53. The largest absolute Gasteiger partial charge is 0.444 e. The summed E-state index contributed by atoms with van der Waals surface area (Å²) in [5.41, 5.74) is 0.390. The number of hydrogen-bond acceptors (Lipinski definition) is 9. The van der Waals surface area contributed by atoms with Crippen molar-refractivity contribution in [2.45, 2.75) is 162 Å². The van der Waals surface area contributed by atoms with E-state index in [1.165, 1.54) is 0 Å². The van der Waals surface area contributed by atoms with Gasteiger partial charge in [-0.15, -0.1) is 0 Å². The molecule has 3 fully saturated rings. The Morgan fingerprint density at radius 2 is 1.25 bits per heavy atom. The number of carbonyl (C=O) groups excluding carboxylic acids is 7. The molecular formula is C53H77N5O9. The number of benzene rings is 2. The zero-order valence-corrected chi connectivity index (χ0v) is 41.3. The van der Waals surface area contributed by atoms with Crippen molar-refractivity contribution in [3.05, 3.63) is 71.8 Å². The van der Waals surface area contributed by atoms with Gasteiger partial charge in [-0.25, -0.2) is 9.59 Å². The van der Waals surface area contributed by atoms with Gasteiger partial charge in [-0.2, -0.15) is 0 Å². The van der Waals surface area contributed by atoms with E-state index in [-0.39, 0.29) is 65.8 Å². The number of piperidine rings is 1. The van der Waals surface area contributed by atoms with E-state index in [1.807, 2.05) is 79.4 Å². The molecule has 2 spiro atoms. The number of nitrogens with one attached hydrogen (secondary N) is 4. The highest BCUT2D eigenvalue weighted by atomic mass is 16.6. The number of nitrogens with zero attached hydrogens (tertiary/aromatic N) is 1. The number of ketones is 2. The van der Waals surface area contributed by atoms with E-state index in [4.69, 9.17) is 9.47 Å². The number of hydrogen-bond donors (Lipinski definition) is 4. The molecule has 1 unspecified atom stereocenters. The second kappa shape index (κ2) is 23.2. The Hall–Kier alpha value is -5.27. The molecule has 368 valence electrons. The second-order valence-electron chi connectivity index (χ2n) is 22.1. The zero-order chi connectivity index (χ0) is 49.0. The molecule has 1 saturated carbocycles. The minimum atomic E-state index is -0.985. The molecule has 2 heterocycles. The number of Topliss-reactive ketones (excluding diaryl/α,β-unsaturated/α-hetero) is 2. The van der Waals surface area contributed by atoms with Crippen LogP contribution in [0.25, 0.3) is 0 Å². The van der Waals surface area contributed by atoms with Gasteiger partial charge in [-0.1, -0.05) is 80.9 Å². The van der Waals surface area contributed by atoms with Crippen LogP contribution in [0.2, 0.25) is 0 Å². The third kappa shape index (κ3) is 16.8. The topological polar surface area (TPSA) is 189 Å². The lowest BCUT2D eigenvalue weighted by Crippen LogP contribution is -2.54. The maximum absolute atomic E-state index is 14.6. The van der Waals surface area contributed by atoms with Crippen molar-refractivity contribution in [3.8, 4) is 0 Å². The highest BCUT2D eigenvalue weighted by molar-refractivity contribution is 5.95. The summed E-state index contributed by atoms with van der Waals surface area (Å²) in [5, 5.41) is 11.6. The van der Waals surface area contributed by atoms with Crippen LogP contribution in [-0.2, 0) is 46.3 Å². The lowest BCUT2D eigenvalue weighted by atomic mass is 9.49. The van der Waals surface area contributed by atoms with Gasteiger partial charge in [-0.3, -0.25) is 24.0 Å². The number of unbranched alkanes of at least 4 members (excludes halogenated alkanes) is 1. The van der Waals surface area contributed by atoms with Crippen molar-refractivity contribution in [3.63, 3.8) is 0 Å². The Morgan fingerprint density at radius 3 is 1.81 bits per heavy atom. The number of likely N-dealkylation sites (tertiary alicyclic amines) is 1. The first-order chi connectivity index (χ1) is 31.5. The lowest BCUT2D eigenvalue weighted by molar-refractivity contribution is -0.144. The van der Waals surface area contributed by atoms with Crippen LogP contribution in [0.1, 0.15) is 137 Å². The van der Waals surface area contributed by atoms with Gasteiger partial charge in [0.2, 0.25) is 17.7 Å². The number of rotatable bonds is 21.